The van der Waals surface area contributed by atoms with Gasteiger partial charge in [-0.3, -0.25) is 4.55 Å². The van der Waals surface area contributed by atoms with E-state index >= 15 is 0 Å². The molecule has 7 heteroatoms. The molecule has 0 saturated heterocycles. The van der Waals surface area contributed by atoms with Crippen molar-refractivity contribution in [3.05, 3.63) is 18.2 Å². The van der Waals surface area contributed by atoms with E-state index in [2.05, 4.69) is 4.98 Å². The third-order valence-electron chi connectivity index (χ3n) is 2.35. The first-order valence-corrected chi connectivity index (χ1v) is 6.44. The van der Waals surface area contributed by atoms with Gasteiger partial charge in [0.05, 0.1) is 17.6 Å². The molecule has 0 amide bonds. The molecular formula is C10H12N2O4S. The van der Waals surface area contributed by atoms with Gasteiger partial charge in [-0.25, -0.2) is 4.98 Å². The minimum Gasteiger partial charge on any atom is -0.494 e. The zero-order valence-corrected chi connectivity index (χ0v) is 10.2. The van der Waals surface area contributed by atoms with Crippen molar-refractivity contribution in [1.29, 1.82) is 0 Å². The van der Waals surface area contributed by atoms with Crippen molar-refractivity contribution in [3.8, 4) is 5.75 Å². The van der Waals surface area contributed by atoms with Crippen molar-refractivity contribution < 1.29 is 17.7 Å². The zero-order chi connectivity index (χ0) is 12.6. The molecule has 2 aromatic rings. The van der Waals surface area contributed by atoms with Gasteiger partial charge >= 0.3 is 10.1 Å². The predicted molar refractivity (Wildman–Crippen MR) is 61.7 cm³/mol. The summed E-state index contributed by atoms with van der Waals surface area (Å²) in [4.78, 5) is 3.87. The molecule has 0 radical (unpaired) electrons. The molecule has 1 heterocycles. The van der Waals surface area contributed by atoms with Crippen LogP contribution in [0, 0.1) is 0 Å². The maximum absolute atomic E-state index is 11.1. The van der Waals surface area contributed by atoms with Crippen molar-refractivity contribution in [1.82, 2.24) is 9.55 Å². The minimum absolute atomic E-state index is 0.374. The van der Waals surface area contributed by atoms with E-state index in [0.717, 1.165) is 0 Å². The Kier molecular flexibility index (Phi) is 2.80. The Labute approximate surface area is 98.6 Å². The lowest BCUT2D eigenvalue weighted by Crippen LogP contribution is -2.06. The minimum atomic E-state index is -4.31. The van der Waals surface area contributed by atoms with Crippen molar-refractivity contribution in [2.24, 2.45) is 7.05 Å². The molecule has 0 spiro atoms. The van der Waals surface area contributed by atoms with Gasteiger partial charge in [-0.1, -0.05) is 0 Å². The van der Waals surface area contributed by atoms with E-state index in [0.29, 0.717) is 23.4 Å². The van der Waals surface area contributed by atoms with Gasteiger partial charge in [0.25, 0.3) is 5.16 Å². The second kappa shape index (κ2) is 4.01. The van der Waals surface area contributed by atoms with Crippen LogP contribution in [0.2, 0.25) is 0 Å². The number of aryl methyl sites for hydroxylation is 1. The van der Waals surface area contributed by atoms with Crippen molar-refractivity contribution in [3.63, 3.8) is 0 Å². The number of rotatable bonds is 3. The molecule has 0 saturated carbocycles. The summed E-state index contributed by atoms with van der Waals surface area (Å²) in [5.74, 6) is 0.611. The van der Waals surface area contributed by atoms with Crippen LogP contribution in [0.15, 0.2) is 23.4 Å². The first-order chi connectivity index (χ1) is 7.93. The van der Waals surface area contributed by atoms with Crippen LogP contribution in [0.3, 0.4) is 0 Å². The lowest BCUT2D eigenvalue weighted by atomic mass is 10.3. The second-order valence-electron chi connectivity index (χ2n) is 3.51. The molecule has 0 aliphatic heterocycles. The largest absolute Gasteiger partial charge is 0.494 e. The summed E-state index contributed by atoms with van der Waals surface area (Å²) in [7, 11) is -2.78. The highest BCUT2D eigenvalue weighted by Crippen LogP contribution is 2.22. The summed E-state index contributed by atoms with van der Waals surface area (Å²) in [5, 5.41) is -0.374. The number of aromatic nitrogens is 2. The van der Waals surface area contributed by atoms with E-state index in [9.17, 15) is 8.42 Å². The summed E-state index contributed by atoms with van der Waals surface area (Å²) in [6, 6.07) is 5.05. The van der Waals surface area contributed by atoms with E-state index < -0.39 is 10.1 Å². The van der Waals surface area contributed by atoms with Crippen molar-refractivity contribution in [2.75, 3.05) is 6.61 Å². The van der Waals surface area contributed by atoms with Crippen LogP contribution < -0.4 is 4.74 Å². The molecule has 1 N–H and O–H groups in total. The fourth-order valence-corrected chi connectivity index (χ4v) is 2.30. The summed E-state index contributed by atoms with van der Waals surface area (Å²) < 4.78 is 37.8. The predicted octanol–water partition coefficient (Wildman–Crippen LogP) is 1.22. The van der Waals surface area contributed by atoms with Crippen molar-refractivity contribution >= 4 is 21.2 Å². The molecule has 0 aliphatic carbocycles. The van der Waals surface area contributed by atoms with Gasteiger partial charge < -0.3 is 9.30 Å². The molecule has 2 rings (SSSR count). The Morgan fingerprint density at radius 1 is 1.47 bits per heavy atom. The maximum atomic E-state index is 11.1. The summed E-state index contributed by atoms with van der Waals surface area (Å²) in [6.07, 6.45) is 0. The van der Waals surface area contributed by atoms with Crippen molar-refractivity contribution in [2.45, 2.75) is 12.1 Å². The van der Waals surface area contributed by atoms with Gasteiger partial charge in [-0.15, -0.1) is 0 Å². The Bertz CT molecular complexity index is 660. The SMILES string of the molecule is CCOc1ccc2c(c1)nc(S(=O)(=O)O)n2C. The van der Waals surface area contributed by atoms with Crippen LogP contribution >= 0.6 is 0 Å². The van der Waals surface area contributed by atoms with Gasteiger partial charge in [0.15, 0.2) is 0 Å². The molecule has 0 bridgehead atoms. The molecule has 1 aromatic carbocycles. The standard InChI is InChI=1S/C10H12N2O4S/c1-3-16-7-4-5-9-8(6-7)11-10(12(9)2)17(13,14)15/h4-6H,3H2,1-2H3,(H,13,14,15). The first kappa shape index (κ1) is 11.9. The Balaban J connectivity index is 2.66. The van der Waals surface area contributed by atoms with Crippen LogP contribution in [0.4, 0.5) is 0 Å². The van der Waals surface area contributed by atoms with E-state index in [1.54, 1.807) is 18.2 Å². The average molecular weight is 256 g/mol. The Morgan fingerprint density at radius 3 is 2.76 bits per heavy atom. The number of fused-ring (bicyclic) bond motifs is 1. The summed E-state index contributed by atoms with van der Waals surface area (Å²) >= 11 is 0. The van der Waals surface area contributed by atoms with E-state index in [4.69, 9.17) is 9.29 Å². The summed E-state index contributed by atoms with van der Waals surface area (Å²) in [5.41, 5.74) is 1.08. The van der Waals surface area contributed by atoms with Crippen LogP contribution in [0.1, 0.15) is 6.92 Å². The van der Waals surface area contributed by atoms with Gasteiger partial charge in [0.2, 0.25) is 0 Å². The topological polar surface area (TPSA) is 81.4 Å². The molecule has 6 nitrogen and oxygen atoms in total. The highest BCUT2D eigenvalue weighted by molar-refractivity contribution is 7.85. The highest BCUT2D eigenvalue weighted by Gasteiger charge is 2.19. The zero-order valence-electron chi connectivity index (χ0n) is 9.41. The number of imidazole rings is 1. The smallest absolute Gasteiger partial charge is 0.328 e. The maximum Gasteiger partial charge on any atom is 0.328 e. The first-order valence-electron chi connectivity index (χ1n) is 5.00. The second-order valence-corrected chi connectivity index (χ2v) is 4.83. The van der Waals surface area contributed by atoms with Gasteiger partial charge in [0.1, 0.15) is 5.75 Å². The molecular weight excluding hydrogens is 244 g/mol. The Morgan fingerprint density at radius 2 is 2.18 bits per heavy atom. The third kappa shape index (κ3) is 2.11. The lowest BCUT2D eigenvalue weighted by Gasteiger charge is -2.02. The van der Waals surface area contributed by atoms with Crippen LogP contribution in [-0.4, -0.2) is 29.1 Å². The number of hydrogen-bond acceptors (Lipinski definition) is 4. The number of benzene rings is 1. The van der Waals surface area contributed by atoms with Gasteiger partial charge in [0, 0.05) is 13.1 Å². The molecule has 0 aliphatic rings. The fraction of sp³-hybridized carbons (Fsp3) is 0.300. The molecule has 17 heavy (non-hydrogen) atoms. The quantitative estimate of drug-likeness (QED) is 0.835. The van der Waals surface area contributed by atoms with Crippen LogP contribution in [0.25, 0.3) is 11.0 Å². The molecule has 0 atom stereocenters. The number of ether oxygens (including phenoxy) is 1. The molecule has 1 aromatic heterocycles. The molecule has 92 valence electrons. The monoisotopic (exact) mass is 256 g/mol. The van der Waals surface area contributed by atoms with Crippen LogP contribution in [-0.2, 0) is 17.2 Å². The molecule has 0 unspecified atom stereocenters. The normalized spacial score (nSPS) is 11.9. The highest BCUT2D eigenvalue weighted by atomic mass is 32.2. The van der Waals surface area contributed by atoms with E-state index in [-0.39, 0.29) is 5.16 Å². The fourth-order valence-electron chi connectivity index (χ4n) is 1.64. The number of hydrogen-bond donors (Lipinski definition) is 1. The Hall–Kier alpha value is -1.60. The summed E-state index contributed by atoms with van der Waals surface area (Å²) in [6.45, 7) is 2.37. The van der Waals surface area contributed by atoms with Gasteiger partial charge in [-0.05, 0) is 19.1 Å². The molecule has 0 fully saturated rings. The van der Waals surface area contributed by atoms with E-state index in [1.807, 2.05) is 6.92 Å². The van der Waals surface area contributed by atoms with Crippen LogP contribution in [0.5, 0.6) is 5.75 Å². The van der Waals surface area contributed by atoms with E-state index in [1.165, 1.54) is 11.6 Å². The lowest BCUT2D eigenvalue weighted by molar-refractivity contribution is 0.340. The number of nitrogens with zero attached hydrogens (tertiary/aromatic N) is 2. The average Bonchev–Trinajstić information content (AvgIpc) is 2.56. The third-order valence-corrected chi connectivity index (χ3v) is 3.18. The van der Waals surface area contributed by atoms with Gasteiger partial charge in [-0.2, -0.15) is 8.42 Å².